The van der Waals surface area contributed by atoms with Crippen LogP contribution in [0.2, 0.25) is 0 Å². The lowest BCUT2D eigenvalue weighted by Gasteiger charge is -2.38. The highest BCUT2D eigenvalue weighted by molar-refractivity contribution is 5.92. The van der Waals surface area contributed by atoms with Crippen molar-refractivity contribution in [1.82, 2.24) is 0 Å². The molecule has 0 spiro atoms. The van der Waals surface area contributed by atoms with E-state index >= 15 is 0 Å². The summed E-state index contributed by atoms with van der Waals surface area (Å²) >= 11 is 0. The van der Waals surface area contributed by atoms with E-state index in [0.717, 1.165) is 5.56 Å². The molecule has 1 aromatic carbocycles. The Bertz CT molecular complexity index is 891. The normalized spacial score (nSPS) is 33.9. The minimum Gasteiger partial charge on any atom is -0.466 e. The Morgan fingerprint density at radius 1 is 1.17 bits per heavy atom. The highest BCUT2D eigenvalue weighted by Gasteiger charge is 2.69. The Morgan fingerprint density at radius 3 is 2.37 bits per heavy atom. The highest BCUT2D eigenvalue weighted by atomic mass is 16.5. The number of fused-ring (bicyclic) bond motifs is 2. The monoisotopic (exact) mass is 410 g/mol. The standard InChI is InChI=1S/C25H34N2O3/c1-7-30-23(29)21-19(24(5)15(2)16(3)25(21,6)17(24)4)14-27-22(28)20(26)13-18-11-9-8-10-12-18/h8-12,14,17,19-21H,7,13,26H2,1-6H3/b27-14-/t17?,19?,20-,21?,24?,25?/m0/s1. The third kappa shape index (κ3) is 3.24. The zero-order chi connectivity index (χ0) is 22.3. The minimum atomic E-state index is -0.706. The molecule has 2 aliphatic rings. The van der Waals surface area contributed by atoms with Gasteiger partial charge in [0.05, 0.1) is 18.6 Å². The molecule has 30 heavy (non-hydrogen) atoms. The third-order valence-corrected chi connectivity index (χ3v) is 8.19. The first-order chi connectivity index (χ1) is 14.1. The average molecular weight is 411 g/mol. The van der Waals surface area contributed by atoms with E-state index in [2.05, 4.69) is 39.6 Å². The molecule has 1 amide bonds. The number of carbonyl (C=O) groups is 2. The van der Waals surface area contributed by atoms with E-state index in [0.29, 0.717) is 13.0 Å². The van der Waals surface area contributed by atoms with Crippen molar-refractivity contribution in [3.63, 3.8) is 0 Å². The molecule has 0 aromatic heterocycles. The number of benzene rings is 1. The average Bonchev–Trinajstić information content (AvgIpc) is 2.98. The van der Waals surface area contributed by atoms with Crippen molar-refractivity contribution in [2.24, 2.45) is 39.3 Å². The summed E-state index contributed by atoms with van der Waals surface area (Å²) in [6.07, 6.45) is 2.12. The summed E-state index contributed by atoms with van der Waals surface area (Å²) in [5.41, 5.74) is 9.11. The SMILES string of the molecule is CCOC(=O)C1C(/C=N\C(=O)[C@@H](N)Cc2ccccc2)C2(C)C(C)=C(C)C1(C)C2C. The van der Waals surface area contributed by atoms with Crippen LogP contribution in [0.5, 0.6) is 0 Å². The van der Waals surface area contributed by atoms with E-state index in [1.54, 1.807) is 6.21 Å². The molecule has 3 rings (SSSR count). The maximum atomic E-state index is 13.0. The molecule has 162 valence electrons. The molecule has 0 saturated heterocycles. The van der Waals surface area contributed by atoms with Crippen molar-refractivity contribution in [2.75, 3.05) is 6.61 Å². The second-order valence-electron chi connectivity index (χ2n) is 9.21. The van der Waals surface area contributed by atoms with Gasteiger partial charge in [0.2, 0.25) is 0 Å². The van der Waals surface area contributed by atoms with Gasteiger partial charge in [0.15, 0.2) is 0 Å². The zero-order valence-corrected chi connectivity index (χ0v) is 18.9. The summed E-state index contributed by atoms with van der Waals surface area (Å²) in [6, 6.07) is 8.97. The number of rotatable bonds is 6. The fraction of sp³-hybridized carbons (Fsp3) is 0.560. The zero-order valence-electron chi connectivity index (χ0n) is 18.9. The molecule has 0 heterocycles. The molecule has 5 heteroatoms. The number of nitrogens with two attached hydrogens (primary N) is 1. The van der Waals surface area contributed by atoms with Crippen LogP contribution in [-0.2, 0) is 20.7 Å². The van der Waals surface area contributed by atoms with Crippen LogP contribution >= 0.6 is 0 Å². The van der Waals surface area contributed by atoms with Crippen LogP contribution in [0.25, 0.3) is 0 Å². The van der Waals surface area contributed by atoms with Crippen molar-refractivity contribution >= 4 is 18.1 Å². The molecular formula is C25H34N2O3. The van der Waals surface area contributed by atoms with Crippen molar-refractivity contribution < 1.29 is 14.3 Å². The topological polar surface area (TPSA) is 81.8 Å². The van der Waals surface area contributed by atoms with E-state index in [-0.39, 0.29) is 40.5 Å². The Labute approximate surface area is 179 Å². The smallest absolute Gasteiger partial charge is 0.310 e. The fourth-order valence-electron chi connectivity index (χ4n) is 5.91. The van der Waals surface area contributed by atoms with Gasteiger partial charge in [-0.15, -0.1) is 0 Å². The second kappa shape index (κ2) is 8.10. The van der Waals surface area contributed by atoms with Crippen LogP contribution in [0.1, 0.15) is 47.1 Å². The van der Waals surface area contributed by atoms with Gasteiger partial charge in [-0.25, -0.2) is 4.99 Å². The maximum Gasteiger partial charge on any atom is 0.310 e. The molecule has 2 aliphatic carbocycles. The molecule has 2 N–H and O–H groups in total. The first-order valence-corrected chi connectivity index (χ1v) is 10.8. The number of hydrogen-bond acceptors (Lipinski definition) is 4. The molecule has 5 unspecified atom stereocenters. The van der Waals surface area contributed by atoms with E-state index in [4.69, 9.17) is 10.5 Å². The van der Waals surface area contributed by atoms with Crippen LogP contribution in [0, 0.1) is 28.6 Å². The molecule has 6 atom stereocenters. The summed E-state index contributed by atoms with van der Waals surface area (Å²) in [4.78, 5) is 29.9. The van der Waals surface area contributed by atoms with E-state index in [1.807, 2.05) is 37.3 Å². The summed E-state index contributed by atoms with van der Waals surface area (Å²) in [6.45, 7) is 13.0. The van der Waals surface area contributed by atoms with E-state index in [1.165, 1.54) is 11.1 Å². The molecule has 0 radical (unpaired) electrons. The van der Waals surface area contributed by atoms with E-state index in [9.17, 15) is 9.59 Å². The van der Waals surface area contributed by atoms with Gasteiger partial charge in [0.1, 0.15) is 0 Å². The molecule has 1 aromatic rings. The summed E-state index contributed by atoms with van der Waals surface area (Å²) in [7, 11) is 0. The first-order valence-electron chi connectivity index (χ1n) is 10.8. The van der Waals surface area contributed by atoms with Gasteiger partial charge >= 0.3 is 5.97 Å². The molecule has 0 aliphatic heterocycles. The molecule has 2 bridgehead atoms. The Kier molecular flexibility index (Phi) is 6.06. The number of allylic oxidation sites excluding steroid dienone is 2. The van der Waals surface area contributed by atoms with Crippen LogP contribution in [0.3, 0.4) is 0 Å². The summed E-state index contributed by atoms with van der Waals surface area (Å²) in [5.74, 6) is -0.885. The van der Waals surface area contributed by atoms with Gasteiger partial charge in [-0.3, -0.25) is 9.59 Å². The number of amides is 1. The third-order valence-electron chi connectivity index (χ3n) is 8.19. The predicted octanol–water partition coefficient (Wildman–Crippen LogP) is 3.96. The van der Waals surface area contributed by atoms with Gasteiger partial charge in [0, 0.05) is 23.0 Å². The van der Waals surface area contributed by atoms with Crippen molar-refractivity contribution in [3.05, 3.63) is 47.0 Å². The number of carbonyl (C=O) groups excluding carboxylic acids is 2. The number of hydrogen-bond donors (Lipinski definition) is 1. The number of esters is 1. The second-order valence-corrected chi connectivity index (χ2v) is 9.21. The lowest BCUT2D eigenvalue weighted by molar-refractivity contribution is -0.152. The van der Waals surface area contributed by atoms with Crippen molar-refractivity contribution in [3.8, 4) is 0 Å². The number of ether oxygens (including phenoxy) is 1. The quantitative estimate of drug-likeness (QED) is 0.437. The lowest BCUT2D eigenvalue weighted by Crippen LogP contribution is -2.41. The van der Waals surface area contributed by atoms with E-state index < -0.39 is 6.04 Å². The fourth-order valence-corrected chi connectivity index (χ4v) is 5.91. The van der Waals surface area contributed by atoms with Crippen LogP contribution in [0.15, 0.2) is 46.5 Å². The first kappa shape index (κ1) is 22.4. The molecule has 5 nitrogen and oxygen atoms in total. The predicted molar refractivity (Wildman–Crippen MR) is 119 cm³/mol. The van der Waals surface area contributed by atoms with Gasteiger partial charge < -0.3 is 10.5 Å². The Morgan fingerprint density at radius 2 is 1.77 bits per heavy atom. The largest absolute Gasteiger partial charge is 0.466 e. The van der Waals surface area contributed by atoms with Gasteiger partial charge in [-0.2, -0.15) is 0 Å². The molecule has 1 saturated carbocycles. The van der Waals surface area contributed by atoms with Gasteiger partial charge in [-0.05, 0) is 38.7 Å². The van der Waals surface area contributed by atoms with Crippen LogP contribution < -0.4 is 5.73 Å². The molecular weight excluding hydrogens is 376 g/mol. The van der Waals surface area contributed by atoms with Crippen molar-refractivity contribution in [2.45, 2.75) is 54.0 Å². The highest BCUT2D eigenvalue weighted by Crippen LogP contribution is 2.71. The van der Waals surface area contributed by atoms with Gasteiger partial charge in [0.25, 0.3) is 5.91 Å². The Hall–Kier alpha value is -2.27. The number of aliphatic imine (C=N–C) groups is 1. The van der Waals surface area contributed by atoms with Gasteiger partial charge in [-0.1, -0.05) is 62.2 Å². The maximum absolute atomic E-state index is 13.0. The van der Waals surface area contributed by atoms with Crippen LogP contribution in [-0.4, -0.2) is 30.7 Å². The van der Waals surface area contributed by atoms with Crippen LogP contribution in [0.4, 0.5) is 0 Å². The minimum absolute atomic E-state index is 0.201. The summed E-state index contributed by atoms with van der Waals surface area (Å²) < 4.78 is 5.45. The summed E-state index contributed by atoms with van der Waals surface area (Å²) in [5, 5.41) is 0. The number of nitrogens with zero attached hydrogens (tertiary/aromatic N) is 1. The molecule has 1 fully saturated rings. The Balaban J connectivity index is 1.89. The van der Waals surface area contributed by atoms with Crippen molar-refractivity contribution in [1.29, 1.82) is 0 Å². The lowest BCUT2D eigenvalue weighted by atomic mass is 9.66.